The zero-order chi connectivity index (χ0) is 10.8. The van der Waals surface area contributed by atoms with Gasteiger partial charge < -0.3 is 0 Å². The Morgan fingerprint density at radius 2 is 1.79 bits per heavy atom. The molecule has 1 rings (SSSR count). The number of sulfonamides is 1. The fourth-order valence-electron chi connectivity index (χ4n) is 0.825. The first kappa shape index (κ1) is 11.5. The van der Waals surface area contributed by atoms with E-state index in [-0.39, 0.29) is 10.1 Å². The van der Waals surface area contributed by atoms with Gasteiger partial charge in [-0.3, -0.25) is 0 Å². The second kappa shape index (κ2) is 4.29. The van der Waals surface area contributed by atoms with Gasteiger partial charge in [-0.25, -0.2) is 0 Å². The van der Waals surface area contributed by atoms with Gasteiger partial charge in [0, 0.05) is 5.02 Å². The van der Waals surface area contributed by atoms with Crippen molar-refractivity contribution in [3.05, 3.63) is 29.3 Å². The summed E-state index contributed by atoms with van der Waals surface area (Å²) >= 11 is 11.0. The number of rotatable bonds is 2. The lowest BCUT2D eigenvalue weighted by atomic mass is 10.4. The van der Waals surface area contributed by atoms with Gasteiger partial charge in [-0.1, -0.05) is 23.2 Å². The first-order valence-electron chi connectivity index (χ1n) is 3.64. The minimum atomic E-state index is -3.68. The summed E-state index contributed by atoms with van der Waals surface area (Å²) in [4.78, 5) is 0.0712. The van der Waals surface area contributed by atoms with Crippen LogP contribution in [0, 0.1) is 0 Å². The molecule has 0 aromatic heterocycles. The van der Waals surface area contributed by atoms with E-state index in [1.54, 1.807) is 0 Å². The standard InChI is InChI=1S/C8H7Cl2NO2S/c1-6(9)11-14(12,13)8-4-2-7(10)3-5-8/h2-5H,1H3. The van der Waals surface area contributed by atoms with E-state index >= 15 is 0 Å². The van der Waals surface area contributed by atoms with Gasteiger partial charge in [0.1, 0.15) is 5.17 Å². The van der Waals surface area contributed by atoms with Crippen LogP contribution in [-0.2, 0) is 10.0 Å². The molecule has 0 aliphatic heterocycles. The molecule has 0 saturated heterocycles. The van der Waals surface area contributed by atoms with Crippen LogP contribution in [0.4, 0.5) is 0 Å². The maximum Gasteiger partial charge on any atom is 0.283 e. The molecule has 0 unspecified atom stereocenters. The Hall–Kier alpha value is -0.580. The Morgan fingerprint density at radius 3 is 2.21 bits per heavy atom. The lowest BCUT2D eigenvalue weighted by molar-refractivity contribution is 0.598. The number of hydrogen-bond donors (Lipinski definition) is 0. The quantitative estimate of drug-likeness (QED) is 0.759. The topological polar surface area (TPSA) is 46.5 Å². The lowest BCUT2D eigenvalue weighted by Gasteiger charge is -1.98. The summed E-state index contributed by atoms with van der Waals surface area (Å²) in [6.45, 7) is 1.40. The van der Waals surface area contributed by atoms with Crippen LogP contribution in [0.2, 0.25) is 5.02 Å². The van der Waals surface area contributed by atoms with Crippen LogP contribution in [0.25, 0.3) is 0 Å². The highest BCUT2D eigenvalue weighted by Gasteiger charge is 2.11. The van der Waals surface area contributed by atoms with Crippen LogP contribution in [0.3, 0.4) is 0 Å². The summed E-state index contributed by atoms with van der Waals surface area (Å²) in [5.41, 5.74) is 0. The van der Waals surface area contributed by atoms with Gasteiger partial charge in [0.2, 0.25) is 0 Å². The Morgan fingerprint density at radius 1 is 1.29 bits per heavy atom. The van der Waals surface area contributed by atoms with Gasteiger partial charge in [-0.05, 0) is 31.2 Å². The zero-order valence-corrected chi connectivity index (χ0v) is 9.57. The van der Waals surface area contributed by atoms with Crippen molar-refractivity contribution in [1.82, 2.24) is 0 Å². The number of nitrogens with zero attached hydrogens (tertiary/aromatic N) is 1. The summed E-state index contributed by atoms with van der Waals surface area (Å²) in [5.74, 6) is 0. The number of halogens is 2. The molecule has 3 nitrogen and oxygen atoms in total. The van der Waals surface area contributed by atoms with Crippen LogP contribution >= 0.6 is 23.2 Å². The number of hydrogen-bond acceptors (Lipinski definition) is 2. The van der Waals surface area contributed by atoms with E-state index in [1.165, 1.54) is 31.2 Å². The van der Waals surface area contributed by atoms with Gasteiger partial charge in [0.05, 0.1) is 4.90 Å². The highest BCUT2D eigenvalue weighted by molar-refractivity contribution is 7.90. The van der Waals surface area contributed by atoms with E-state index in [4.69, 9.17) is 23.2 Å². The van der Waals surface area contributed by atoms with E-state index in [0.717, 1.165) is 0 Å². The summed E-state index contributed by atoms with van der Waals surface area (Å²) in [6, 6.07) is 5.71. The van der Waals surface area contributed by atoms with Crippen molar-refractivity contribution in [2.24, 2.45) is 4.40 Å². The molecule has 0 amide bonds. The van der Waals surface area contributed by atoms with E-state index in [9.17, 15) is 8.42 Å². The molecule has 0 radical (unpaired) electrons. The predicted octanol–water partition coefficient (Wildman–Crippen LogP) is 2.69. The van der Waals surface area contributed by atoms with Crippen molar-refractivity contribution in [2.45, 2.75) is 11.8 Å². The molecule has 0 heterocycles. The molecule has 0 N–H and O–H groups in total. The second-order valence-corrected chi connectivity index (χ2v) is 5.10. The van der Waals surface area contributed by atoms with E-state index in [2.05, 4.69) is 4.40 Å². The van der Waals surface area contributed by atoms with Crippen molar-refractivity contribution in [2.75, 3.05) is 0 Å². The molecule has 0 atom stereocenters. The van der Waals surface area contributed by atoms with Crippen molar-refractivity contribution in [3.63, 3.8) is 0 Å². The van der Waals surface area contributed by atoms with Crippen LogP contribution in [0.15, 0.2) is 33.6 Å². The SMILES string of the molecule is CC(Cl)=NS(=O)(=O)c1ccc(Cl)cc1. The molecular weight excluding hydrogens is 245 g/mol. The second-order valence-electron chi connectivity index (χ2n) is 2.52. The molecule has 14 heavy (non-hydrogen) atoms. The van der Waals surface area contributed by atoms with Gasteiger partial charge >= 0.3 is 0 Å². The van der Waals surface area contributed by atoms with Crippen LogP contribution < -0.4 is 0 Å². The molecule has 0 fully saturated rings. The minimum Gasteiger partial charge on any atom is -0.199 e. The maximum atomic E-state index is 11.4. The van der Waals surface area contributed by atoms with Crippen molar-refractivity contribution in [3.8, 4) is 0 Å². The smallest absolute Gasteiger partial charge is 0.199 e. The van der Waals surface area contributed by atoms with Crippen molar-refractivity contribution < 1.29 is 8.42 Å². The average Bonchev–Trinajstić information content (AvgIpc) is 2.02. The summed E-state index contributed by atoms with van der Waals surface area (Å²) in [6.07, 6.45) is 0. The summed E-state index contributed by atoms with van der Waals surface area (Å²) in [7, 11) is -3.68. The van der Waals surface area contributed by atoms with E-state index in [0.29, 0.717) is 5.02 Å². The Labute approximate surface area is 92.4 Å². The maximum absolute atomic E-state index is 11.4. The van der Waals surface area contributed by atoms with Gasteiger partial charge in [0.25, 0.3) is 10.0 Å². The van der Waals surface area contributed by atoms with Gasteiger partial charge in [0.15, 0.2) is 0 Å². The third-order valence-corrected chi connectivity index (χ3v) is 3.18. The normalized spacial score (nSPS) is 12.9. The summed E-state index contributed by atoms with van der Waals surface area (Å²) < 4.78 is 26.2. The van der Waals surface area contributed by atoms with E-state index in [1.807, 2.05) is 0 Å². The molecule has 1 aromatic rings. The van der Waals surface area contributed by atoms with Crippen LogP contribution in [0.1, 0.15) is 6.92 Å². The molecule has 6 heteroatoms. The predicted molar refractivity (Wildman–Crippen MR) is 57.6 cm³/mol. The minimum absolute atomic E-state index is 0.0278. The third kappa shape index (κ3) is 2.97. The lowest BCUT2D eigenvalue weighted by Crippen LogP contribution is -1.98. The average molecular weight is 252 g/mol. The molecule has 0 aliphatic rings. The largest absolute Gasteiger partial charge is 0.283 e. The zero-order valence-electron chi connectivity index (χ0n) is 7.24. The molecule has 0 spiro atoms. The third-order valence-electron chi connectivity index (χ3n) is 1.36. The monoisotopic (exact) mass is 251 g/mol. The van der Waals surface area contributed by atoms with E-state index < -0.39 is 10.0 Å². The van der Waals surface area contributed by atoms with Crippen molar-refractivity contribution in [1.29, 1.82) is 0 Å². The van der Waals surface area contributed by atoms with Gasteiger partial charge in [-0.2, -0.15) is 12.8 Å². The van der Waals surface area contributed by atoms with Crippen LogP contribution in [0.5, 0.6) is 0 Å². The molecule has 0 aliphatic carbocycles. The summed E-state index contributed by atoms with van der Waals surface area (Å²) in [5, 5.41) is 0.440. The van der Waals surface area contributed by atoms with Gasteiger partial charge in [-0.15, -0.1) is 0 Å². The molecule has 76 valence electrons. The molecule has 0 bridgehead atoms. The molecular formula is C8H7Cl2NO2S. The first-order chi connectivity index (χ1) is 6.42. The fourth-order valence-corrected chi connectivity index (χ4v) is 2.14. The van der Waals surface area contributed by atoms with Crippen LogP contribution in [-0.4, -0.2) is 13.6 Å². The first-order valence-corrected chi connectivity index (χ1v) is 5.84. The Bertz CT molecular complexity index is 447. The highest BCUT2D eigenvalue weighted by atomic mass is 35.5. The molecule has 0 saturated carbocycles. The van der Waals surface area contributed by atoms with Crippen molar-refractivity contribution >= 4 is 38.4 Å². The highest BCUT2D eigenvalue weighted by Crippen LogP contribution is 2.16. The molecule has 1 aromatic carbocycles. The number of benzene rings is 1. The Balaban J connectivity index is 3.18. The Kier molecular flexibility index (Phi) is 3.53. The fraction of sp³-hybridized carbons (Fsp3) is 0.125.